The van der Waals surface area contributed by atoms with Crippen molar-refractivity contribution in [3.05, 3.63) is 46.2 Å². The van der Waals surface area contributed by atoms with E-state index in [9.17, 15) is 18.0 Å². The minimum absolute atomic E-state index is 0.0503. The van der Waals surface area contributed by atoms with Crippen LogP contribution in [0.15, 0.2) is 24.3 Å². The maximum Gasteiger partial charge on any atom is 0.435 e. The molecule has 3 rings (SSSR count). The van der Waals surface area contributed by atoms with Crippen molar-refractivity contribution in [2.75, 3.05) is 5.32 Å². The Morgan fingerprint density at radius 3 is 2.71 bits per heavy atom. The third-order valence-corrected chi connectivity index (χ3v) is 4.10. The molecule has 0 saturated heterocycles. The van der Waals surface area contributed by atoms with Crippen LogP contribution >= 0.6 is 11.6 Å². The van der Waals surface area contributed by atoms with E-state index < -0.39 is 17.8 Å². The number of hydrogen-bond acceptors (Lipinski definition) is 2. The van der Waals surface area contributed by atoms with E-state index in [1.165, 1.54) is 0 Å². The molecule has 4 nitrogen and oxygen atoms in total. The highest BCUT2D eigenvalue weighted by Crippen LogP contribution is 2.42. The van der Waals surface area contributed by atoms with Gasteiger partial charge in [0.25, 0.3) is 0 Å². The number of anilines is 1. The Morgan fingerprint density at radius 2 is 2.08 bits per heavy atom. The minimum Gasteiger partial charge on any atom is -0.324 e. The zero-order valence-corrected chi connectivity index (χ0v) is 13.6. The highest BCUT2D eigenvalue weighted by Gasteiger charge is 2.38. The zero-order valence-electron chi connectivity index (χ0n) is 12.8. The van der Waals surface area contributed by atoms with E-state index in [2.05, 4.69) is 10.4 Å². The summed E-state index contributed by atoms with van der Waals surface area (Å²) in [4.78, 5) is 12.2. The van der Waals surface area contributed by atoms with Gasteiger partial charge in [0.1, 0.15) is 6.54 Å². The molecule has 0 aliphatic heterocycles. The second-order valence-corrected chi connectivity index (χ2v) is 6.33. The molecule has 1 N–H and O–H groups in total. The summed E-state index contributed by atoms with van der Waals surface area (Å²) in [5.41, 5.74) is 0.840. The van der Waals surface area contributed by atoms with Crippen LogP contribution in [-0.2, 0) is 17.5 Å². The average molecular weight is 358 g/mol. The summed E-state index contributed by atoms with van der Waals surface area (Å²) in [5, 5.41) is 6.70. The highest BCUT2D eigenvalue weighted by molar-refractivity contribution is 6.31. The number of halogens is 4. The second kappa shape index (κ2) is 6.12. The number of nitrogens with one attached hydrogen (secondary N) is 1. The van der Waals surface area contributed by atoms with Gasteiger partial charge in [-0.3, -0.25) is 9.48 Å². The third-order valence-electron chi connectivity index (χ3n) is 3.86. The Morgan fingerprint density at radius 1 is 1.38 bits per heavy atom. The standard InChI is InChI=1S/C16H15ClF3N3O/c1-9-2-5-11(17)6-12(9)21-15(24)8-23-13(10-3-4-10)7-14(22-23)16(18,19)20/h2,5-7,10H,3-4,8H2,1H3,(H,21,24). The van der Waals surface area contributed by atoms with E-state index in [1.807, 2.05) is 0 Å². The van der Waals surface area contributed by atoms with Gasteiger partial charge < -0.3 is 5.32 Å². The molecular formula is C16H15ClF3N3O. The van der Waals surface area contributed by atoms with Crippen molar-refractivity contribution in [3.63, 3.8) is 0 Å². The van der Waals surface area contributed by atoms with Crippen LogP contribution in [0.4, 0.5) is 18.9 Å². The van der Waals surface area contributed by atoms with Crippen LogP contribution in [0.25, 0.3) is 0 Å². The summed E-state index contributed by atoms with van der Waals surface area (Å²) in [5.74, 6) is -0.395. The van der Waals surface area contributed by atoms with Gasteiger partial charge in [-0.15, -0.1) is 0 Å². The summed E-state index contributed by atoms with van der Waals surface area (Å²) >= 11 is 5.90. The first kappa shape index (κ1) is 16.8. The average Bonchev–Trinajstić information content (AvgIpc) is 3.23. The lowest BCUT2D eigenvalue weighted by molar-refractivity contribution is -0.141. The molecule has 0 radical (unpaired) electrons. The molecule has 128 valence electrons. The first-order valence-corrected chi connectivity index (χ1v) is 7.83. The van der Waals surface area contributed by atoms with Gasteiger partial charge in [0, 0.05) is 22.3 Å². The van der Waals surface area contributed by atoms with E-state index in [4.69, 9.17) is 11.6 Å². The number of aromatic nitrogens is 2. The molecule has 1 saturated carbocycles. The summed E-state index contributed by atoms with van der Waals surface area (Å²) in [6.07, 6.45) is -2.88. The van der Waals surface area contributed by atoms with Crippen molar-refractivity contribution in [2.45, 2.75) is 38.4 Å². The van der Waals surface area contributed by atoms with Crippen molar-refractivity contribution in [1.82, 2.24) is 9.78 Å². The van der Waals surface area contributed by atoms with E-state index >= 15 is 0 Å². The van der Waals surface area contributed by atoms with Crippen LogP contribution < -0.4 is 5.32 Å². The van der Waals surface area contributed by atoms with Crippen molar-refractivity contribution < 1.29 is 18.0 Å². The van der Waals surface area contributed by atoms with Gasteiger partial charge in [-0.25, -0.2) is 0 Å². The SMILES string of the molecule is Cc1ccc(Cl)cc1NC(=O)Cn1nc(C(F)(F)F)cc1C1CC1. The predicted octanol–water partition coefficient (Wildman–Crippen LogP) is 4.38. The number of nitrogens with zero attached hydrogens (tertiary/aromatic N) is 2. The molecule has 2 aromatic rings. The fourth-order valence-corrected chi connectivity index (χ4v) is 2.63. The fraction of sp³-hybridized carbons (Fsp3) is 0.375. The van der Waals surface area contributed by atoms with Gasteiger partial charge in [-0.1, -0.05) is 17.7 Å². The lowest BCUT2D eigenvalue weighted by atomic mass is 10.2. The number of alkyl halides is 3. The summed E-state index contributed by atoms with van der Waals surface area (Å²) in [7, 11) is 0. The molecular weight excluding hydrogens is 343 g/mol. The van der Waals surface area contributed by atoms with Crippen molar-refractivity contribution in [3.8, 4) is 0 Å². The Bertz CT molecular complexity index is 781. The number of benzene rings is 1. The van der Waals surface area contributed by atoms with E-state index in [-0.39, 0.29) is 12.5 Å². The number of rotatable bonds is 4. The summed E-state index contributed by atoms with van der Waals surface area (Å²) in [6.45, 7) is 1.53. The molecule has 0 spiro atoms. The normalized spacial score (nSPS) is 14.7. The molecule has 24 heavy (non-hydrogen) atoms. The first-order valence-electron chi connectivity index (χ1n) is 7.45. The molecule has 1 amide bonds. The van der Waals surface area contributed by atoms with Crippen LogP contribution in [0.5, 0.6) is 0 Å². The van der Waals surface area contributed by atoms with Crippen LogP contribution in [0.2, 0.25) is 5.02 Å². The molecule has 8 heteroatoms. The van der Waals surface area contributed by atoms with E-state index in [0.717, 1.165) is 29.2 Å². The largest absolute Gasteiger partial charge is 0.435 e. The molecule has 1 aliphatic carbocycles. The van der Waals surface area contributed by atoms with Gasteiger partial charge in [0.15, 0.2) is 5.69 Å². The van der Waals surface area contributed by atoms with Crippen LogP contribution in [0, 0.1) is 6.92 Å². The minimum atomic E-state index is -4.52. The van der Waals surface area contributed by atoms with Gasteiger partial charge in [0.05, 0.1) is 0 Å². The number of hydrogen-bond donors (Lipinski definition) is 1. The number of carbonyl (C=O) groups excluding carboxylic acids is 1. The van der Waals surface area contributed by atoms with E-state index in [1.54, 1.807) is 25.1 Å². The summed E-state index contributed by atoms with van der Waals surface area (Å²) < 4.78 is 39.7. The molecule has 1 aliphatic rings. The highest BCUT2D eigenvalue weighted by atomic mass is 35.5. The Balaban J connectivity index is 1.79. The molecule has 1 fully saturated rings. The number of aryl methyl sites for hydroxylation is 1. The predicted molar refractivity (Wildman–Crippen MR) is 84.0 cm³/mol. The van der Waals surface area contributed by atoms with Crippen molar-refractivity contribution in [1.29, 1.82) is 0 Å². The van der Waals surface area contributed by atoms with Crippen molar-refractivity contribution in [2.24, 2.45) is 0 Å². The molecule has 0 unspecified atom stereocenters. The lowest BCUT2D eigenvalue weighted by Crippen LogP contribution is -2.21. The van der Waals surface area contributed by atoms with Gasteiger partial charge in [0.2, 0.25) is 5.91 Å². The van der Waals surface area contributed by atoms with Crippen LogP contribution in [0.3, 0.4) is 0 Å². The van der Waals surface area contributed by atoms with Crippen LogP contribution in [-0.4, -0.2) is 15.7 Å². The summed E-state index contributed by atoms with van der Waals surface area (Å²) in [6, 6.07) is 6.08. The topological polar surface area (TPSA) is 46.9 Å². The molecule has 0 bridgehead atoms. The molecule has 1 aromatic carbocycles. The Hall–Kier alpha value is -2.02. The first-order chi connectivity index (χ1) is 11.2. The van der Waals surface area contributed by atoms with Gasteiger partial charge in [-0.2, -0.15) is 18.3 Å². The quantitative estimate of drug-likeness (QED) is 0.882. The lowest BCUT2D eigenvalue weighted by Gasteiger charge is -2.10. The Labute approximate surface area is 141 Å². The Kier molecular flexibility index (Phi) is 4.29. The smallest absolute Gasteiger partial charge is 0.324 e. The fourth-order valence-electron chi connectivity index (χ4n) is 2.46. The molecule has 1 aromatic heterocycles. The molecule has 0 atom stereocenters. The van der Waals surface area contributed by atoms with Gasteiger partial charge in [-0.05, 0) is 43.5 Å². The number of carbonyl (C=O) groups is 1. The third kappa shape index (κ3) is 3.72. The van der Waals surface area contributed by atoms with Crippen LogP contribution in [0.1, 0.15) is 35.7 Å². The monoisotopic (exact) mass is 357 g/mol. The maximum absolute atomic E-state index is 12.9. The second-order valence-electron chi connectivity index (χ2n) is 5.89. The van der Waals surface area contributed by atoms with E-state index in [0.29, 0.717) is 16.4 Å². The van der Waals surface area contributed by atoms with Crippen molar-refractivity contribution >= 4 is 23.2 Å². The zero-order chi connectivity index (χ0) is 17.5. The maximum atomic E-state index is 12.9. The molecule has 1 heterocycles. The number of amides is 1. The van der Waals surface area contributed by atoms with Gasteiger partial charge >= 0.3 is 6.18 Å².